The molecule has 1 unspecified atom stereocenters. The Morgan fingerprint density at radius 1 is 1.14 bits per heavy atom. The van der Waals surface area contributed by atoms with Crippen molar-refractivity contribution in [2.24, 2.45) is 16.7 Å². The smallest absolute Gasteiger partial charge is 0.310 e. The van der Waals surface area contributed by atoms with Gasteiger partial charge in [-0.25, -0.2) is 0 Å². The van der Waals surface area contributed by atoms with E-state index >= 15 is 0 Å². The highest BCUT2D eigenvalue weighted by Gasteiger charge is 2.28. The van der Waals surface area contributed by atoms with Crippen molar-refractivity contribution in [3.63, 3.8) is 0 Å². The van der Waals surface area contributed by atoms with Crippen LogP contribution in [0.1, 0.15) is 41.5 Å². The Morgan fingerprint density at radius 2 is 1.57 bits per heavy atom. The van der Waals surface area contributed by atoms with Crippen LogP contribution in [0.3, 0.4) is 0 Å². The van der Waals surface area contributed by atoms with Crippen LogP contribution in [0.4, 0.5) is 0 Å². The number of carboxylic acid groups (broad SMARTS) is 1. The van der Waals surface area contributed by atoms with Gasteiger partial charge in [0, 0.05) is 0 Å². The predicted molar refractivity (Wildman–Crippen MR) is 59.2 cm³/mol. The van der Waals surface area contributed by atoms with Crippen LogP contribution in [0, 0.1) is 16.7 Å². The molecule has 1 N–H and O–H groups in total. The van der Waals surface area contributed by atoms with Gasteiger partial charge in [0.1, 0.15) is 0 Å². The maximum absolute atomic E-state index is 11.0. The van der Waals surface area contributed by atoms with Gasteiger partial charge >= 0.3 is 5.97 Å². The fraction of sp³-hybridized carbons (Fsp3) is 0.750. The first-order valence-electron chi connectivity index (χ1n) is 4.96. The zero-order valence-corrected chi connectivity index (χ0v) is 10.1. The molecular formula is C12H22O2. The molecule has 0 aromatic carbocycles. The van der Waals surface area contributed by atoms with Crippen LogP contribution in [-0.4, -0.2) is 11.1 Å². The molecule has 0 aromatic rings. The van der Waals surface area contributed by atoms with Crippen molar-refractivity contribution in [1.29, 1.82) is 0 Å². The SMILES string of the molecule is CC(C)(C)C=CC(C(=O)O)C(C)(C)C. The molecule has 0 bridgehead atoms. The third-order valence-corrected chi connectivity index (χ3v) is 1.99. The lowest BCUT2D eigenvalue weighted by Gasteiger charge is -2.25. The first-order chi connectivity index (χ1) is 6.04. The number of aliphatic carboxylic acids is 1. The molecule has 0 aliphatic heterocycles. The molecule has 0 radical (unpaired) electrons. The quantitative estimate of drug-likeness (QED) is 0.691. The predicted octanol–water partition coefficient (Wildman–Crippen LogP) is 3.34. The van der Waals surface area contributed by atoms with Gasteiger partial charge in [-0.2, -0.15) is 0 Å². The van der Waals surface area contributed by atoms with Crippen molar-refractivity contribution in [3.05, 3.63) is 12.2 Å². The second-order valence-electron chi connectivity index (χ2n) is 5.91. The van der Waals surface area contributed by atoms with E-state index in [1.165, 1.54) is 0 Å². The fourth-order valence-electron chi connectivity index (χ4n) is 1.13. The van der Waals surface area contributed by atoms with Gasteiger partial charge in [-0.3, -0.25) is 4.79 Å². The number of carbonyl (C=O) groups is 1. The van der Waals surface area contributed by atoms with E-state index in [-0.39, 0.29) is 10.8 Å². The summed E-state index contributed by atoms with van der Waals surface area (Å²) in [4.78, 5) is 11.0. The lowest BCUT2D eigenvalue weighted by atomic mass is 9.79. The molecule has 0 aliphatic carbocycles. The van der Waals surface area contributed by atoms with Crippen LogP contribution in [0.25, 0.3) is 0 Å². The summed E-state index contributed by atoms with van der Waals surface area (Å²) in [5.41, 5.74) is -0.188. The maximum Gasteiger partial charge on any atom is 0.310 e. The van der Waals surface area contributed by atoms with Crippen molar-refractivity contribution in [2.75, 3.05) is 0 Å². The minimum atomic E-state index is -0.752. The average Bonchev–Trinajstić information content (AvgIpc) is 1.79. The summed E-state index contributed by atoms with van der Waals surface area (Å²) in [6.07, 6.45) is 3.78. The standard InChI is InChI=1S/C12H22O2/c1-11(2,3)8-7-9(10(13)14)12(4,5)6/h7-9H,1-6H3,(H,13,14). The first-order valence-corrected chi connectivity index (χ1v) is 4.96. The van der Waals surface area contributed by atoms with E-state index in [1.807, 2.05) is 32.9 Å². The van der Waals surface area contributed by atoms with Crippen molar-refractivity contribution in [2.45, 2.75) is 41.5 Å². The van der Waals surface area contributed by atoms with Crippen LogP contribution in [0.15, 0.2) is 12.2 Å². The van der Waals surface area contributed by atoms with Gasteiger partial charge in [0.2, 0.25) is 0 Å². The maximum atomic E-state index is 11.0. The van der Waals surface area contributed by atoms with E-state index in [4.69, 9.17) is 5.11 Å². The van der Waals surface area contributed by atoms with E-state index in [2.05, 4.69) is 20.8 Å². The third-order valence-electron chi connectivity index (χ3n) is 1.99. The fourth-order valence-corrected chi connectivity index (χ4v) is 1.13. The van der Waals surface area contributed by atoms with Gasteiger partial charge in [-0.1, -0.05) is 53.7 Å². The molecular weight excluding hydrogens is 176 g/mol. The molecule has 2 heteroatoms. The molecule has 2 nitrogen and oxygen atoms in total. The van der Waals surface area contributed by atoms with Crippen LogP contribution in [0.2, 0.25) is 0 Å². The Morgan fingerprint density at radius 3 is 1.79 bits per heavy atom. The van der Waals surface area contributed by atoms with Crippen molar-refractivity contribution < 1.29 is 9.90 Å². The molecule has 0 aromatic heterocycles. The minimum absolute atomic E-state index is 0.0406. The van der Waals surface area contributed by atoms with Crippen molar-refractivity contribution in [1.82, 2.24) is 0 Å². The second-order valence-corrected chi connectivity index (χ2v) is 5.91. The van der Waals surface area contributed by atoms with Crippen LogP contribution in [0.5, 0.6) is 0 Å². The zero-order valence-electron chi connectivity index (χ0n) is 10.1. The highest BCUT2D eigenvalue weighted by molar-refractivity contribution is 5.73. The number of carboxylic acids is 1. The van der Waals surface area contributed by atoms with Gasteiger partial charge < -0.3 is 5.11 Å². The van der Waals surface area contributed by atoms with E-state index in [9.17, 15) is 4.79 Å². The topological polar surface area (TPSA) is 37.3 Å². The molecule has 14 heavy (non-hydrogen) atoms. The molecule has 0 amide bonds. The number of allylic oxidation sites excluding steroid dienone is 1. The van der Waals surface area contributed by atoms with Crippen LogP contribution < -0.4 is 0 Å². The van der Waals surface area contributed by atoms with Crippen LogP contribution >= 0.6 is 0 Å². The molecule has 1 atom stereocenters. The molecule has 0 spiro atoms. The van der Waals surface area contributed by atoms with E-state index < -0.39 is 11.9 Å². The molecule has 0 rings (SSSR count). The molecule has 0 heterocycles. The summed E-state index contributed by atoms with van der Waals surface area (Å²) in [5, 5.41) is 9.05. The minimum Gasteiger partial charge on any atom is -0.481 e. The van der Waals surface area contributed by atoms with E-state index in [0.29, 0.717) is 0 Å². The normalized spacial score (nSPS) is 15.9. The largest absolute Gasteiger partial charge is 0.481 e. The van der Waals surface area contributed by atoms with E-state index in [0.717, 1.165) is 0 Å². The monoisotopic (exact) mass is 198 g/mol. The van der Waals surface area contributed by atoms with Crippen molar-refractivity contribution in [3.8, 4) is 0 Å². The average molecular weight is 198 g/mol. The summed E-state index contributed by atoms with van der Waals surface area (Å²) in [7, 11) is 0. The van der Waals surface area contributed by atoms with Gasteiger partial charge in [0.15, 0.2) is 0 Å². The Hall–Kier alpha value is -0.790. The Bertz CT molecular complexity index is 226. The van der Waals surface area contributed by atoms with Gasteiger partial charge in [-0.15, -0.1) is 0 Å². The summed E-state index contributed by atoms with van der Waals surface area (Å²) >= 11 is 0. The van der Waals surface area contributed by atoms with Gasteiger partial charge in [-0.05, 0) is 10.8 Å². The molecule has 0 saturated heterocycles. The Labute approximate surface area is 87.0 Å². The number of hydrogen-bond acceptors (Lipinski definition) is 1. The Balaban J connectivity index is 4.73. The summed E-state index contributed by atoms with van der Waals surface area (Å²) in [5.74, 6) is -1.17. The highest BCUT2D eigenvalue weighted by atomic mass is 16.4. The molecule has 0 aliphatic rings. The number of hydrogen-bond donors (Lipinski definition) is 1. The lowest BCUT2D eigenvalue weighted by molar-refractivity contribution is -0.143. The third kappa shape index (κ3) is 5.05. The molecule has 0 fully saturated rings. The summed E-state index contributed by atoms with van der Waals surface area (Å²) in [6.45, 7) is 12.0. The highest BCUT2D eigenvalue weighted by Crippen LogP contribution is 2.29. The number of rotatable bonds is 2. The van der Waals surface area contributed by atoms with Crippen molar-refractivity contribution >= 4 is 5.97 Å². The summed E-state index contributed by atoms with van der Waals surface area (Å²) in [6, 6.07) is 0. The lowest BCUT2D eigenvalue weighted by Crippen LogP contribution is -2.26. The zero-order chi connectivity index (χ0) is 11.6. The molecule has 82 valence electrons. The first kappa shape index (κ1) is 13.2. The second kappa shape index (κ2) is 4.16. The molecule has 0 saturated carbocycles. The van der Waals surface area contributed by atoms with E-state index in [1.54, 1.807) is 0 Å². The van der Waals surface area contributed by atoms with Gasteiger partial charge in [0.25, 0.3) is 0 Å². The van der Waals surface area contributed by atoms with Crippen LogP contribution in [-0.2, 0) is 4.79 Å². The Kier molecular flexibility index (Phi) is 3.92. The van der Waals surface area contributed by atoms with Gasteiger partial charge in [0.05, 0.1) is 5.92 Å². The summed E-state index contributed by atoms with van der Waals surface area (Å²) < 4.78 is 0.